The number of para-hydroxylation sites is 1. The molecular weight excluding hydrogens is 400 g/mol. The number of benzene rings is 3. The second kappa shape index (κ2) is 10.6. The topological polar surface area (TPSA) is 49.9 Å². The molecule has 2 amide bonds. The molecule has 0 bridgehead atoms. The molecular formula is C27H28N2O3. The van der Waals surface area contributed by atoms with Gasteiger partial charge in [0.05, 0.1) is 0 Å². The number of carbonyl (C=O) groups excluding carboxylic acids is 2. The summed E-state index contributed by atoms with van der Waals surface area (Å²) in [4.78, 5) is 29.1. The van der Waals surface area contributed by atoms with Gasteiger partial charge >= 0.3 is 0 Å². The molecule has 0 atom stereocenters. The average molecular weight is 429 g/mol. The Balaban J connectivity index is 1.23. The van der Waals surface area contributed by atoms with Crippen LogP contribution in [-0.2, 0) is 11.2 Å². The van der Waals surface area contributed by atoms with E-state index in [-0.39, 0.29) is 11.8 Å². The highest BCUT2D eigenvalue weighted by atomic mass is 16.5. The van der Waals surface area contributed by atoms with Crippen LogP contribution >= 0.6 is 0 Å². The van der Waals surface area contributed by atoms with Crippen LogP contribution in [0.15, 0.2) is 84.9 Å². The minimum atomic E-state index is -0.00700. The Morgan fingerprint density at radius 1 is 0.688 bits per heavy atom. The number of aryl methyl sites for hydroxylation is 1. The standard InChI is InChI=1S/C27H28N2O3/c30-26(13-7-10-22-8-3-1-4-9-22)28-18-20-29(21-19-28)27(31)23-14-16-25(17-15-23)32-24-11-5-2-6-12-24/h1-6,8-9,11-12,14-17H,7,10,13,18-21H2. The maximum Gasteiger partial charge on any atom is 0.253 e. The number of hydrogen-bond acceptors (Lipinski definition) is 3. The third kappa shape index (κ3) is 5.76. The van der Waals surface area contributed by atoms with Crippen LogP contribution in [0.1, 0.15) is 28.8 Å². The first-order valence-electron chi connectivity index (χ1n) is 11.1. The molecule has 1 aliphatic rings. The van der Waals surface area contributed by atoms with Crippen LogP contribution in [0.4, 0.5) is 0 Å². The van der Waals surface area contributed by atoms with E-state index >= 15 is 0 Å². The highest BCUT2D eigenvalue weighted by Gasteiger charge is 2.24. The van der Waals surface area contributed by atoms with E-state index in [1.165, 1.54) is 5.56 Å². The fourth-order valence-electron chi connectivity index (χ4n) is 3.88. The molecule has 5 nitrogen and oxygen atoms in total. The van der Waals surface area contributed by atoms with Crippen molar-refractivity contribution in [1.29, 1.82) is 0 Å². The largest absolute Gasteiger partial charge is 0.457 e. The van der Waals surface area contributed by atoms with Crippen molar-refractivity contribution in [2.24, 2.45) is 0 Å². The normalized spacial score (nSPS) is 13.6. The third-order valence-corrected chi connectivity index (χ3v) is 5.70. The number of carbonyl (C=O) groups is 2. The van der Waals surface area contributed by atoms with Crippen molar-refractivity contribution in [1.82, 2.24) is 9.80 Å². The zero-order valence-corrected chi connectivity index (χ0v) is 18.2. The summed E-state index contributed by atoms with van der Waals surface area (Å²) in [7, 11) is 0. The van der Waals surface area contributed by atoms with E-state index in [9.17, 15) is 9.59 Å². The minimum Gasteiger partial charge on any atom is -0.457 e. The summed E-state index contributed by atoms with van der Waals surface area (Å²) in [5, 5.41) is 0. The number of nitrogens with zero attached hydrogens (tertiary/aromatic N) is 2. The van der Waals surface area contributed by atoms with Gasteiger partial charge in [-0.15, -0.1) is 0 Å². The monoisotopic (exact) mass is 428 g/mol. The Bertz CT molecular complexity index is 1010. The molecule has 0 aromatic heterocycles. The van der Waals surface area contributed by atoms with Crippen molar-refractivity contribution in [3.8, 4) is 11.5 Å². The lowest BCUT2D eigenvalue weighted by Crippen LogP contribution is -2.50. The van der Waals surface area contributed by atoms with Crippen LogP contribution in [0, 0.1) is 0 Å². The highest BCUT2D eigenvalue weighted by molar-refractivity contribution is 5.94. The van der Waals surface area contributed by atoms with Crippen molar-refractivity contribution in [2.45, 2.75) is 19.3 Å². The van der Waals surface area contributed by atoms with Gasteiger partial charge < -0.3 is 14.5 Å². The summed E-state index contributed by atoms with van der Waals surface area (Å²) < 4.78 is 5.79. The van der Waals surface area contributed by atoms with Gasteiger partial charge in [-0.05, 0) is 54.8 Å². The molecule has 1 saturated heterocycles. The van der Waals surface area contributed by atoms with Crippen LogP contribution < -0.4 is 4.74 Å². The summed E-state index contributed by atoms with van der Waals surface area (Å²) in [5.41, 5.74) is 1.89. The average Bonchev–Trinajstić information content (AvgIpc) is 2.85. The molecule has 4 rings (SSSR count). The number of piperazine rings is 1. The first-order chi connectivity index (χ1) is 15.7. The lowest BCUT2D eigenvalue weighted by atomic mass is 10.1. The molecule has 32 heavy (non-hydrogen) atoms. The van der Waals surface area contributed by atoms with Gasteiger partial charge in [-0.2, -0.15) is 0 Å². The molecule has 3 aromatic carbocycles. The zero-order chi connectivity index (χ0) is 22.2. The van der Waals surface area contributed by atoms with Crippen molar-refractivity contribution in [3.63, 3.8) is 0 Å². The van der Waals surface area contributed by atoms with Crippen LogP contribution in [0.5, 0.6) is 11.5 Å². The first-order valence-corrected chi connectivity index (χ1v) is 11.1. The van der Waals surface area contributed by atoms with Gasteiger partial charge in [-0.1, -0.05) is 48.5 Å². The molecule has 1 aliphatic heterocycles. The van der Waals surface area contributed by atoms with Gasteiger partial charge in [0, 0.05) is 38.2 Å². The minimum absolute atomic E-state index is 0.00700. The predicted octanol–water partition coefficient (Wildman–Crippen LogP) is 4.79. The van der Waals surface area contributed by atoms with E-state index < -0.39 is 0 Å². The first kappa shape index (κ1) is 21.6. The van der Waals surface area contributed by atoms with Crippen LogP contribution in [-0.4, -0.2) is 47.8 Å². The Morgan fingerprint density at radius 3 is 1.91 bits per heavy atom. The van der Waals surface area contributed by atoms with E-state index in [4.69, 9.17) is 4.74 Å². The van der Waals surface area contributed by atoms with Crippen molar-refractivity contribution in [3.05, 3.63) is 96.1 Å². The number of rotatable bonds is 7. The van der Waals surface area contributed by atoms with Gasteiger partial charge in [0.25, 0.3) is 5.91 Å². The second-order valence-corrected chi connectivity index (χ2v) is 7.95. The van der Waals surface area contributed by atoms with Crippen LogP contribution in [0.25, 0.3) is 0 Å². The van der Waals surface area contributed by atoms with E-state index in [0.717, 1.165) is 18.6 Å². The molecule has 0 spiro atoms. The molecule has 0 radical (unpaired) electrons. The van der Waals surface area contributed by atoms with E-state index in [1.54, 1.807) is 12.1 Å². The summed E-state index contributed by atoms with van der Waals surface area (Å²) in [6.07, 6.45) is 2.31. The maximum absolute atomic E-state index is 12.9. The Kier molecular flexibility index (Phi) is 7.18. The van der Waals surface area contributed by atoms with Crippen molar-refractivity contribution in [2.75, 3.05) is 26.2 Å². The van der Waals surface area contributed by atoms with Gasteiger partial charge in [0.15, 0.2) is 0 Å². The smallest absolute Gasteiger partial charge is 0.253 e. The number of ether oxygens (including phenoxy) is 1. The Labute approximate surface area is 189 Å². The SMILES string of the molecule is O=C(CCCc1ccccc1)N1CCN(C(=O)c2ccc(Oc3ccccc3)cc2)CC1. The molecule has 0 saturated carbocycles. The third-order valence-electron chi connectivity index (χ3n) is 5.70. The molecule has 164 valence electrons. The van der Waals surface area contributed by atoms with Crippen LogP contribution in [0.3, 0.4) is 0 Å². The summed E-state index contributed by atoms with van der Waals surface area (Å²) in [6.45, 7) is 2.30. The maximum atomic E-state index is 12.9. The van der Waals surface area contributed by atoms with Crippen molar-refractivity contribution < 1.29 is 14.3 Å². The number of amides is 2. The van der Waals surface area contributed by atoms with E-state index in [1.807, 2.05) is 70.5 Å². The molecule has 3 aromatic rings. The van der Waals surface area contributed by atoms with E-state index in [2.05, 4.69) is 12.1 Å². The fourth-order valence-corrected chi connectivity index (χ4v) is 3.88. The molecule has 0 unspecified atom stereocenters. The second-order valence-electron chi connectivity index (χ2n) is 7.95. The van der Waals surface area contributed by atoms with Gasteiger partial charge in [-0.25, -0.2) is 0 Å². The molecule has 0 aliphatic carbocycles. The molecule has 5 heteroatoms. The van der Waals surface area contributed by atoms with Crippen molar-refractivity contribution >= 4 is 11.8 Å². The molecule has 1 heterocycles. The Morgan fingerprint density at radius 2 is 1.25 bits per heavy atom. The van der Waals surface area contributed by atoms with Gasteiger partial charge in [-0.3, -0.25) is 9.59 Å². The highest BCUT2D eigenvalue weighted by Crippen LogP contribution is 2.22. The van der Waals surface area contributed by atoms with Crippen LogP contribution in [0.2, 0.25) is 0 Å². The predicted molar refractivity (Wildman–Crippen MR) is 125 cm³/mol. The Hall–Kier alpha value is -3.60. The van der Waals surface area contributed by atoms with Gasteiger partial charge in [0.1, 0.15) is 11.5 Å². The van der Waals surface area contributed by atoms with E-state index in [0.29, 0.717) is 43.9 Å². The number of hydrogen-bond donors (Lipinski definition) is 0. The fraction of sp³-hybridized carbons (Fsp3) is 0.259. The van der Waals surface area contributed by atoms with Gasteiger partial charge in [0.2, 0.25) is 5.91 Å². The molecule has 0 N–H and O–H groups in total. The zero-order valence-electron chi connectivity index (χ0n) is 18.2. The lowest BCUT2D eigenvalue weighted by Gasteiger charge is -2.35. The summed E-state index contributed by atoms with van der Waals surface area (Å²) in [6, 6.07) is 27.0. The summed E-state index contributed by atoms with van der Waals surface area (Å²) in [5.74, 6) is 1.62. The quantitative estimate of drug-likeness (QED) is 0.544. The lowest BCUT2D eigenvalue weighted by molar-refractivity contribution is -0.132. The molecule has 1 fully saturated rings. The summed E-state index contributed by atoms with van der Waals surface area (Å²) >= 11 is 0.